The predicted octanol–water partition coefficient (Wildman–Crippen LogP) is 3.66. The zero-order valence-corrected chi connectivity index (χ0v) is 10.8. The van der Waals surface area contributed by atoms with Crippen LogP contribution in [0.5, 0.6) is 0 Å². The molecule has 1 aromatic rings. The van der Waals surface area contributed by atoms with Gasteiger partial charge in [-0.1, -0.05) is 54.9 Å². The number of aryl methyl sites for hydroxylation is 1. The van der Waals surface area contributed by atoms with Gasteiger partial charge in [-0.3, -0.25) is 0 Å². The van der Waals surface area contributed by atoms with Crippen molar-refractivity contribution in [2.45, 2.75) is 32.7 Å². The summed E-state index contributed by atoms with van der Waals surface area (Å²) in [6, 6.07) is 9.16. The number of halogens is 1. The third-order valence-electron chi connectivity index (χ3n) is 2.68. The molecule has 16 heavy (non-hydrogen) atoms. The Hall–Kier alpha value is -0.790. The van der Waals surface area contributed by atoms with Gasteiger partial charge in [-0.15, -0.1) is 0 Å². The van der Waals surface area contributed by atoms with E-state index in [-0.39, 0.29) is 0 Å². The van der Waals surface area contributed by atoms with Gasteiger partial charge in [-0.05, 0) is 25.3 Å². The maximum Gasteiger partial charge on any atom is 0.0310 e. The molecule has 88 valence electrons. The Morgan fingerprint density at radius 2 is 2.00 bits per heavy atom. The molecular weight excluding hydrogens is 218 g/mol. The van der Waals surface area contributed by atoms with E-state index in [2.05, 4.69) is 50.0 Å². The van der Waals surface area contributed by atoms with Crippen molar-refractivity contribution in [2.24, 2.45) is 0 Å². The summed E-state index contributed by atoms with van der Waals surface area (Å²) < 4.78 is 0. The van der Waals surface area contributed by atoms with E-state index in [0.29, 0.717) is 17.6 Å². The highest BCUT2D eigenvalue weighted by Crippen LogP contribution is 2.08. The molecule has 0 heterocycles. The summed E-state index contributed by atoms with van der Waals surface area (Å²) >= 11 is 5.75. The van der Waals surface area contributed by atoms with E-state index in [1.807, 2.05) is 0 Å². The Labute approximate surface area is 104 Å². The van der Waals surface area contributed by atoms with Gasteiger partial charge in [0.1, 0.15) is 0 Å². The summed E-state index contributed by atoms with van der Waals surface area (Å²) in [5.74, 6) is 0. The summed E-state index contributed by atoms with van der Waals surface area (Å²) in [4.78, 5) is 0. The second kappa shape index (κ2) is 6.72. The molecule has 1 N–H and O–H groups in total. The van der Waals surface area contributed by atoms with Crippen molar-refractivity contribution in [1.82, 2.24) is 5.32 Å². The largest absolute Gasteiger partial charge is 0.309 e. The topological polar surface area (TPSA) is 12.0 Å². The molecule has 1 atom stereocenters. The average Bonchev–Trinajstić information content (AvgIpc) is 2.26. The first kappa shape index (κ1) is 13.3. The summed E-state index contributed by atoms with van der Waals surface area (Å²) in [6.45, 7) is 8.66. The molecule has 0 amide bonds. The molecule has 0 spiro atoms. The molecule has 0 fully saturated rings. The molecule has 0 aliphatic carbocycles. The van der Waals surface area contributed by atoms with Gasteiger partial charge in [0.15, 0.2) is 0 Å². The first-order valence-electron chi connectivity index (χ1n) is 5.74. The van der Waals surface area contributed by atoms with Gasteiger partial charge in [-0.2, -0.15) is 0 Å². The number of rotatable bonds is 6. The molecule has 0 aromatic heterocycles. The molecule has 1 aromatic carbocycles. The molecule has 1 unspecified atom stereocenters. The maximum absolute atomic E-state index is 5.75. The van der Waals surface area contributed by atoms with Gasteiger partial charge in [0, 0.05) is 17.6 Å². The number of benzene rings is 1. The lowest BCUT2D eigenvalue weighted by Crippen LogP contribution is -2.31. The molecule has 0 radical (unpaired) electrons. The Kier molecular flexibility index (Phi) is 5.58. The Morgan fingerprint density at radius 1 is 1.38 bits per heavy atom. The average molecular weight is 238 g/mol. The highest BCUT2D eigenvalue weighted by atomic mass is 35.5. The van der Waals surface area contributed by atoms with Crippen LogP contribution in [0, 0.1) is 6.92 Å². The van der Waals surface area contributed by atoms with Crippen LogP contribution in [0.25, 0.3) is 0 Å². The van der Waals surface area contributed by atoms with E-state index in [1.165, 1.54) is 11.1 Å². The minimum Gasteiger partial charge on any atom is -0.309 e. The number of nitrogens with one attached hydrogen (secondary N) is 1. The second-order valence-corrected chi connectivity index (χ2v) is 4.73. The minimum atomic E-state index is 0.471. The third kappa shape index (κ3) is 4.82. The molecule has 2 heteroatoms. The smallest absolute Gasteiger partial charge is 0.0310 e. The van der Waals surface area contributed by atoms with E-state index in [4.69, 9.17) is 11.6 Å². The van der Waals surface area contributed by atoms with E-state index < -0.39 is 0 Å². The van der Waals surface area contributed by atoms with Crippen molar-refractivity contribution in [3.63, 3.8) is 0 Å². The van der Waals surface area contributed by atoms with Gasteiger partial charge in [0.05, 0.1) is 0 Å². The number of hydrogen-bond donors (Lipinski definition) is 1. The lowest BCUT2D eigenvalue weighted by molar-refractivity contribution is 0.520. The lowest BCUT2D eigenvalue weighted by Gasteiger charge is -2.16. The minimum absolute atomic E-state index is 0.471. The maximum atomic E-state index is 5.75. The molecule has 0 bridgehead atoms. The first-order valence-corrected chi connectivity index (χ1v) is 6.11. The monoisotopic (exact) mass is 237 g/mol. The normalized spacial score (nSPS) is 12.4. The summed E-state index contributed by atoms with van der Waals surface area (Å²) in [6.07, 6.45) is 2.14. The quantitative estimate of drug-likeness (QED) is 0.796. The van der Waals surface area contributed by atoms with Crippen molar-refractivity contribution < 1.29 is 0 Å². The fraction of sp³-hybridized carbons (Fsp3) is 0.429. The standard InChI is InChI=1S/C14H20ClN/c1-4-14(16-10-12(3)15)9-13-7-5-11(2)6-8-13/h5-8,14,16H,3-4,9-10H2,1-2H3. The molecule has 1 rings (SSSR count). The zero-order chi connectivity index (χ0) is 12.0. The second-order valence-electron chi connectivity index (χ2n) is 4.19. The highest BCUT2D eigenvalue weighted by molar-refractivity contribution is 6.29. The fourth-order valence-electron chi connectivity index (χ4n) is 1.62. The summed E-state index contributed by atoms with van der Waals surface area (Å²) in [5.41, 5.74) is 2.67. The fourth-order valence-corrected chi connectivity index (χ4v) is 1.70. The number of hydrogen-bond acceptors (Lipinski definition) is 1. The van der Waals surface area contributed by atoms with E-state index in [9.17, 15) is 0 Å². The highest BCUT2D eigenvalue weighted by Gasteiger charge is 2.06. The van der Waals surface area contributed by atoms with Crippen molar-refractivity contribution >= 4 is 11.6 Å². The first-order chi connectivity index (χ1) is 7.61. The molecule has 0 aliphatic rings. The molecule has 0 aliphatic heterocycles. The van der Waals surface area contributed by atoms with Crippen LogP contribution >= 0.6 is 11.6 Å². The lowest BCUT2D eigenvalue weighted by atomic mass is 10.0. The van der Waals surface area contributed by atoms with E-state index in [1.54, 1.807) is 0 Å². The third-order valence-corrected chi connectivity index (χ3v) is 2.81. The predicted molar refractivity (Wildman–Crippen MR) is 72.0 cm³/mol. The van der Waals surface area contributed by atoms with Gasteiger partial charge >= 0.3 is 0 Å². The van der Waals surface area contributed by atoms with Crippen molar-refractivity contribution in [2.75, 3.05) is 6.54 Å². The SMILES string of the molecule is C=C(Cl)CNC(CC)Cc1ccc(C)cc1. The van der Waals surface area contributed by atoms with Crippen LogP contribution in [0.3, 0.4) is 0 Å². The van der Waals surface area contributed by atoms with Gasteiger partial charge in [-0.25, -0.2) is 0 Å². The Morgan fingerprint density at radius 3 is 2.50 bits per heavy atom. The van der Waals surface area contributed by atoms with Gasteiger partial charge < -0.3 is 5.32 Å². The molecular formula is C14H20ClN. The summed E-state index contributed by atoms with van der Waals surface area (Å²) in [7, 11) is 0. The van der Waals surface area contributed by atoms with Crippen LogP contribution in [0.2, 0.25) is 0 Å². The van der Waals surface area contributed by atoms with Crippen LogP contribution in [0.15, 0.2) is 35.9 Å². The van der Waals surface area contributed by atoms with Crippen molar-refractivity contribution in [1.29, 1.82) is 0 Å². The van der Waals surface area contributed by atoms with Crippen molar-refractivity contribution in [3.8, 4) is 0 Å². The van der Waals surface area contributed by atoms with Crippen LogP contribution in [0.4, 0.5) is 0 Å². The van der Waals surface area contributed by atoms with Gasteiger partial charge in [0.25, 0.3) is 0 Å². The van der Waals surface area contributed by atoms with E-state index in [0.717, 1.165) is 12.8 Å². The molecule has 0 saturated heterocycles. The van der Waals surface area contributed by atoms with Crippen LogP contribution in [0.1, 0.15) is 24.5 Å². The Balaban J connectivity index is 2.49. The van der Waals surface area contributed by atoms with E-state index >= 15 is 0 Å². The summed E-state index contributed by atoms with van der Waals surface area (Å²) in [5, 5.41) is 4.07. The van der Waals surface area contributed by atoms with Crippen LogP contribution < -0.4 is 5.32 Å². The Bertz CT molecular complexity index is 329. The molecule has 0 saturated carbocycles. The van der Waals surface area contributed by atoms with Crippen LogP contribution in [-0.2, 0) is 6.42 Å². The van der Waals surface area contributed by atoms with Gasteiger partial charge in [0.2, 0.25) is 0 Å². The molecule has 1 nitrogen and oxygen atoms in total. The van der Waals surface area contributed by atoms with Crippen molar-refractivity contribution in [3.05, 3.63) is 47.0 Å². The van der Waals surface area contributed by atoms with Crippen LogP contribution in [-0.4, -0.2) is 12.6 Å². The zero-order valence-electron chi connectivity index (χ0n) is 10.1.